The lowest BCUT2D eigenvalue weighted by Gasteiger charge is -2.04. The van der Waals surface area contributed by atoms with E-state index in [2.05, 4.69) is 4.74 Å². The minimum absolute atomic E-state index is 0.0818. The Hall–Kier alpha value is -1.43. The summed E-state index contributed by atoms with van der Waals surface area (Å²) in [5, 5.41) is 10.5. The van der Waals surface area contributed by atoms with Crippen molar-refractivity contribution in [3.63, 3.8) is 0 Å². The molecule has 0 radical (unpaired) electrons. The molecule has 4 nitrogen and oxygen atoms in total. The predicted molar refractivity (Wildman–Crippen MR) is 44.7 cm³/mol. The fourth-order valence-corrected chi connectivity index (χ4v) is 0.995. The first kappa shape index (κ1) is 10.6. The van der Waals surface area contributed by atoms with Crippen LogP contribution in [0, 0.1) is 10.1 Å². The number of rotatable bonds is 3. The van der Waals surface area contributed by atoms with Crippen LogP contribution in [0.25, 0.3) is 0 Å². The molecule has 1 aromatic rings. The van der Waals surface area contributed by atoms with Gasteiger partial charge in [-0.1, -0.05) is 11.6 Å². The van der Waals surface area contributed by atoms with E-state index < -0.39 is 23.0 Å². The first-order valence-corrected chi connectivity index (χ1v) is 3.77. The summed E-state index contributed by atoms with van der Waals surface area (Å²) >= 11 is 5.45. The molecule has 0 heterocycles. The molecule has 0 atom stereocenters. The second kappa shape index (κ2) is 4.19. The molecular weight excluding hydrogens is 220 g/mol. The monoisotopic (exact) mass is 223 g/mol. The number of hydrogen-bond acceptors (Lipinski definition) is 3. The molecule has 1 rings (SSSR count). The molecule has 76 valence electrons. The van der Waals surface area contributed by atoms with Gasteiger partial charge in [-0.2, -0.15) is 8.78 Å². The summed E-state index contributed by atoms with van der Waals surface area (Å²) in [5.74, 6) is -0.505. The Morgan fingerprint density at radius 3 is 2.64 bits per heavy atom. The molecule has 0 fully saturated rings. The van der Waals surface area contributed by atoms with E-state index >= 15 is 0 Å². The lowest BCUT2D eigenvalue weighted by Crippen LogP contribution is -2.04. The molecule has 1 aromatic carbocycles. The summed E-state index contributed by atoms with van der Waals surface area (Å²) in [7, 11) is 0. The maximum Gasteiger partial charge on any atom is 0.387 e. The van der Waals surface area contributed by atoms with Crippen LogP contribution in [0.15, 0.2) is 18.2 Å². The molecule has 0 spiro atoms. The van der Waals surface area contributed by atoms with Crippen LogP contribution in [0.2, 0.25) is 5.02 Å². The van der Waals surface area contributed by atoms with Crippen molar-refractivity contribution in [1.82, 2.24) is 0 Å². The minimum atomic E-state index is -3.10. The van der Waals surface area contributed by atoms with Crippen molar-refractivity contribution in [3.05, 3.63) is 33.3 Å². The highest BCUT2D eigenvalue weighted by Gasteiger charge is 2.18. The third kappa shape index (κ3) is 2.53. The highest BCUT2D eigenvalue weighted by Crippen LogP contribution is 2.30. The van der Waals surface area contributed by atoms with Crippen LogP contribution in [0.3, 0.4) is 0 Å². The lowest BCUT2D eigenvalue weighted by molar-refractivity contribution is -0.386. The van der Waals surface area contributed by atoms with Gasteiger partial charge >= 0.3 is 12.3 Å². The van der Waals surface area contributed by atoms with Gasteiger partial charge in [-0.25, -0.2) is 0 Å². The summed E-state index contributed by atoms with van der Waals surface area (Å²) < 4.78 is 27.5. The van der Waals surface area contributed by atoms with Gasteiger partial charge in [0.2, 0.25) is 5.75 Å². The third-order valence-corrected chi connectivity index (χ3v) is 1.57. The van der Waals surface area contributed by atoms with Gasteiger partial charge in [-0.15, -0.1) is 0 Å². The Labute approximate surface area is 82.2 Å². The standard InChI is InChI=1S/C7H4ClF2NO3/c8-4-1-2-6(14-7(9)10)5(3-4)11(12)13/h1-3,7H. The number of benzene rings is 1. The molecule has 14 heavy (non-hydrogen) atoms. The average molecular weight is 224 g/mol. The van der Waals surface area contributed by atoms with Gasteiger partial charge < -0.3 is 4.74 Å². The minimum Gasteiger partial charge on any atom is -0.427 e. The average Bonchev–Trinajstić information content (AvgIpc) is 2.07. The summed E-state index contributed by atoms with van der Waals surface area (Å²) in [5.41, 5.74) is -0.585. The van der Waals surface area contributed by atoms with E-state index in [0.717, 1.165) is 12.1 Å². The summed E-state index contributed by atoms with van der Waals surface area (Å²) in [6.07, 6.45) is 0. The van der Waals surface area contributed by atoms with Gasteiger partial charge in [0.15, 0.2) is 0 Å². The predicted octanol–water partition coefficient (Wildman–Crippen LogP) is 2.85. The molecule has 0 saturated heterocycles. The van der Waals surface area contributed by atoms with Crippen LogP contribution < -0.4 is 4.74 Å². The van der Waals surface area contributed by atoms with Gasteiger partial charge in [0.25, 0.3) is 0 Å². The van der Waals surface area contributed by atoms with E-state index in [1.807, 2.05) is 0 Å². The van der Waals surface area contributed by atoms with Crippen LogP contribution in [-0.2, 0) is 0 Å². The Bertz CT molecular complexity index is 359. The van der Waals surface area contributed by atoms with Gasteiger partial charge in [-0.05, 0) is 12.1 Å². The van der Waals surface area contributed by atoms with Crippen molar-refractivity contribution in [2.24, 2.45) is 0 Å². The zero-order valence-electron chi connectivity index (χ0n) is 6.62. The van der Waals surface area contributed by atoms with Gasteiger partial charge in [0.1, 0.15) is 0 Å². The fraction of sp³-hybridized carbons (Fsp3) is 0.143. The Morgan fingerprint density at radius 2 is 2.14 bits per heavy atom. The van der Waals surface area contributed by atoms with Crippen LogP contribution in [-0.4, -0.2) is 11.5 Å². The zero-order valence-corrected chi connectivity index (χ0v) is 7.37. The molecule has 0 amide bonds. The highest BCUT2D eigenvalue weighted by atomic mass is 35.5. The Balaban J connectivity index is 3.08. The number of nitrogens with zero attached hydrogens (tertiary/aromatic N) is 1. The molecule has 0 saturated carbocycles. The second-order valence-corrected chi connectivity index (χ2v) is 2.68. The van der Waals surface area contributed by atoms with Crippen molar-refractivity contribution in [2.75, 3.05) is 0 Å². The van der Waals surface area contributed by atoms with Crippen LogP contribution in [0.1, 0.15) is 0 Å². The van der Waals surface area contributed by atoms with E-state index in [1.54, 1.807) is 0 Å². The fourth-order valence-electron chi connectivity index (χ4n) is 0.829. The van der Waals surface area contributed by atoms with E-state index in [4.69, 9.17) is 11.6 Å². The first-order valence-electron chi connectivity index (χ1n) is 3.39. The molecule has 0 bridgehead atoms. The summed E-state index contributed by atoms with van der Waals surface area (Å²) in [6, 6.07) is 3.19. The SMILES string of the molecule is O=[N+]([O-])c1cc(Cl)ccc1OC(F)F. The second-order valence-electron chi connectivity index (χ2n) is 2.25. The van der Waals surface area contributed by atoms with Gasteiger partial charge in [0.05, 0.1) is 4.92 Å². The molecule has 0 aromatic heterocycles. The van der Waals surface area contributed by atoms with Crippen LogP contribution >= 0.6 is 11.6 Å². The number of halogens is 3. The van der Waals surface area contributed by atoms with Gasteiger partial charge in [0, 0.05) is 11.1 Å². The van der Waals surface area contributed by atoms with Crippen molar-refractivity contribution >= 4 is 17.3 Å². The van der Waals surface area contributed by atoms with Crippen molar-refractivity contribution in [2.45, 2.75) is 6.61 Å². The van der Waals surface area contributed by atoms with Gasteiger partial charge in [-0.3, -0.25) is 10.1 Å². The molecule has 7 heteroatoms. The normalized spacial score (nSPS) is 10.3. The molecular formula is C7H4ClF2NO3. The smallest absolute Gasteiger partial charge is 0.387 e. The van der Waals surface area contributed by atoms with E-state index in [0.29, 0.717) is 0 Å². The molecule has 0 N–H and O–H groups in total. The molecule has 0 aliphatic rings. The maximum absolute atomic E-state index is 11.8. The van der Waals surface area contributed by atoms with Crippen molar-refractivity contribution in [1.29, 1.82) is 0 Å². The van der Waals surface area contributed by atoms with Crippen molar-refractivity contribution in [3.8, 4) is 5.75 Å². The quantitative estimate of drug-likeness (QED) is 0.585. The zero-order chi connectivity index (χ0) is 10.7. The van der Waals surface area contributed by atoms with E-state index in [-0.39, 0.29) is 5.02 Å². The summed E-state index contributed by atoms with van der Waals surface area (Å²) in [4.78, 5) is 9.53. The number of nitro groups is 1. The number of nitro benzene ring substituents is 1. The van der Waals surface area contributed by atoms with Crippen LogP contribution in [0.5, 0.6) is 5.75 Å². The summed E-state index contributed by atoms with van der Waals surface area (Å²) in [6.45, 7) is -3.10. The van der Waals surface area contributed by atoms with E-state index in [1.165, 1.54) is 6.07 Å². The van der Waals surface area contributed by atoms with E-state index in [9.17, 15) is 18.9 Å². The maximum atomic E-state index is 11.8. The Morgan fingerprint density at radius 1 is 1.50 bits per heavy atom. The lowest BCUT2D eigenvalue weighted by atomic mass is 10.3. The van der Waals surface area contributed by atoms with Crippen molar-refractivity contribution < 1.29 is 18.4 Å². The molecule has 0 unspecified atom stereocenters. The van der Waals surface area contributed by atoms with Crippen LogP contribution in [0.4, 0.5) is 14.5 Å². The number of hydrogen-bond donors (Lipinski definition) is 0. The largest absolute Gasteiger partial charge is 0.427 e. The Kier molecular flexibility index (Phi) is 3.19. The first-order chi connectivity index (χ1) is 6.50. The molecule has 0 aliphatic carbocycles. The highest BCUT2D eigenvalue weighted by molar-refractivity contribution is 6.30. The number of alkyl halides is 2. The third-order valence-electron chi connectivity index (χ3n) is 1.33. The number of ether oxygens (including phenoxy) is 1. The molecule has 0 aliphatic heterocycles. The topological polar surface area (TPSA) is 52.4 Å².